The Morgan fingerprint density at radius 2 is 2.22 bits per heavy atom. The van der Waals surface area contributed by atoms with Crippen LogP contribution in [0, 0.1) is 5.82 Å². The Kier molecular flexibility index (Phi) is 2.67. The molecule has 1 aliphatic carbocycles. The first-order chi connectivity index (χ1) is 8.66. The highest BCUT2D eigenvalue weighted by Crippen LogP contribution is 2.40. The Morgan fingerprint density at radius 1 is 1.39 bits per heavy atom. The van der Waals surface area contributed by atoms with Gasteiger partial charge in [0.1, 0.15) is 0 Å². The lowest BCUT2D eigenvalue weighted by atomic mass is 9.97. The normalized spacial score (nSPS) is 17.8. The van der Waals surface area contributed by atoms with Crippen molar-refractivity contribution in [3.05, 3.63) is 52.3 Å². The van der Waals surface area contributed by atoms with E-state index in [0.29, 0.717) is 5.69 Å². The summed E-state index contributed by atoms with van der Waals surface area (Å²) < 4.78 is 13.8. The molecule has 0 fully saturated rings. The molecule has 3 nitrogen and oxygen atoms in total. The number of benzene rings is 1. The monoisotopic (exact) mass is 263 g/mol. The Balaban J connectivity index is 2.12. The number of anilines is 1. The average Bonchev–Trinajstić information content (AvgIpc) is 2.77. The van der Waals surface area contributed by atoms with E-state index in [2.05, 4.69) is 9.97 Å². The molecule has 0 spiro atoms. The zero-order chi connectivity index (χ0) is 12.7. The third kappa shape index (κ3) is 1.73. The van der Waals surface area contributed by atoms with Crippen molar-refractivity contribution in [3.8, 4) is 0 Å². The molecule has 0 amide bonds. The van der Waals surface area contributed by atoms with Crippen LogP contribution >= 0.6 is 11.6 Å². The van der Waals surface area contributed by atoms with Gasteiger partial charge in [0.05, 0.1) is 11.9 Å². The molecule has 1 heterocycles. The van der Waals surface area contributed by atoms with Gasteiger partial charge in [-0.1, -0.05) is 12.1 Å². The van der Waals surface area contributed by atoms with Crippen LogP contribution in [-0.2, 0) is 6.42 Å². The van der Waals surface area contributed by atoms with Crippen LogP contribution in [0.2, 0.25) is 5.28 Å². The maximum atomic E-state index is 13.8. The lowest BCUT2D eigenvalue weighted by Gasteiger charge is -2.12. The second-order valence-electron chi connectivity index (χ2n) is 4.38. The summed E-state index contributed by atoms with van der Waals surface area (Å²) in [5, 5.41) is 0.0729. The maximum Gasteiger partial charge on any atom is 0.222 e. The van der Waals surface area contributed by atoms with Crippen molar-refractivity contribution >= 4 is 17.3 Å². The summed E-state index contributed by atoms with van der Waals surface area (Å²) >= 11 is 5.74. The molecule has 2 N–H and O–H groups in total. The van der Waals surface area contributed by atoms with Crippen LogP contribution in [0.15, 0.2) is 24.4 Å². The van der Waals surface area contributed by atoms with Crippen LogP contribution in [0.25, 0.3) is 0 Å². The number of hydrogen-bond acceptors (Lipinski definition) is 3. The van der Waals surface area contributed by atoms with E-state index < -0.39 is 5.82 Å². The first kappa shape index (κ1) is 11.4. The summed E-state index contributed by atoms with van der Waals surface area (Å²) in [6, 6.07) is 5.72. The molecule has 1 unspecified atom stereocenters. The molecule has 0 aliphatic heterocycles. The van der Waals surface area contributed by atoms with Gasteiger partial charge in [-0.3, -0.25) is 0 Å². The summed E-state index contributed by atoms with van der Waals surface area (Å²) in [6.45, 7) is 0. The second-order valence-corrected chi connectivity index (χ2v) is 4.72. The number of nitrogens with zero attached hydrogens (tertiary/aromatic N) is 2. The number of rotatable bonds is 1. The average molecular weight is 264 g/mol. The number of halogens is 2. The van der Waals surface area contributed by atoms with Crippen molar-refractivity contribution in [2.75, 3.05) is 5.73 Å². The van der Waals surface area contributed by atoms with E-state index in [0.717, 1.165) is 35.9 Å². The summed E-state index contributed by atoms with van der Waals surface area (Å²) in [4.78, 5) is 7.66. The van der Waals surface area contributed by atoms with Gasteiger partial charge in [-0.15, -0.1) is 0 Å². The SMILES string of the molecule is Nc1cccc2c1CCC2c1nc(Cl)ncc1F. The van der Waals surface area contributed by atoms with Gasteiger partial charge in [-0.25, -0.2) is 14.4 Å². The second kappa shape index (κ2) is 4.21. The number of nitrogen functional groups attached to an aromatic ring is 1. The minimum atomic E-state index is -0.417. The molecule has 3 rings (SSSR count). The summed E-state index contributed by atoms with van der Waals surface area (Å²) in [6.07, 6.45) is 2.76. The van der Waals surface area contributed by atoms with Gasteiger partial charge in [-0.2, -0.15) is 0 Å². The van der Waals surface area contributed by atoms with Crippen LogP contribution in [0.3, 0.4) is 0 Å². The number of fused-ring (bicyclic) bond motifs is 1. The van der Waals surface area contributed by atoms with E-state index >= 15 is 0 Å². The van der Waals surface area contributed by atoms with Gasteiger partial charge in [0, 0.05) is 11.6 Å². The Hall–Kier alpha value is -1.68. The lowest BCUT2D eigenvalue weighted by molar-refractivity contribution is 0.573. The van der Waals surface area contributed by atoms with E-state index in [1.807, 2.05) is 18.2 Å². The highest BCUT2D eigenvalue weighted by atomic mass is 35.5. The predicted octanol–water partition coefficient (Wildman–Crippen LogP) is 2.93. The quantitative estimate of drug-likeness (QED) is 0.636. The van der Waals surface area contributed by atoms with Gasteiger partial charge in [0.25, 0.3) is 0 Å². The van der Waals surface area contributed by atoms with E-state index in [1.54, 1.807) is 0 Å². The molecule has 2 aromatic rings. The number of nitrogens with two attached hydrogens (primary N) is 1. The fourth-order valence-corrected chi connectivity index (χ4v) is 2.71. The van der Waals surface area contributed by atoms with Crippen LogP contribution in [0.5, 0.6) is 0 Å². The maximum absolute atomic E-state index is 13.8. The Labute approximate surface area is 109 Å². The van der Waals surface area contributed by atoms with Crippen LogP contribution < -0.4 is 5.73 Å². The molecule has 0 bridgehead atoms. The molecular weight excluding hydrogens is 253 g/mol. The van der Waals surface area contributed by atoms with Crippen molar-refractivity contribution in [1.29, 1.82) is 0 Å². The Morgan fingerprint density at radius 3 is 3.06 bits per heavy atom. The summed E-state index contributed by atoms with van der Waals surface area (Å²) in [5.41, 5.74) is 9.19. The van der Waals surface area contributed by atoms with Crippen LogP contribution in [0.1, 0.15) is 29.2 Å². The van der Waals surface area contributed by atoms with Crippen molar-refractivity contribution < 1.29 is 4.39 Å². The molecule has 1 aliphatic rings. The molecule has 18 heavy (non-hydrogen) atoms. The third-order valence-corrected chi connectivity index (χ3v) is 3.56. The summed E-state index contributed by atoms with van der Waals surface area (Å²) in [5.74, 6) is -0.497. The first-order valence-corrected chi connectivity index (χ1v) is 6.10. The van der Waals surface area contributed by atoms with Crippen molar-refractivity contribution in [2.45, 2.75) is 18.8 Å². The lowest BCUT2D eigenvalue weighted by Crippen LogP contribution is -2.04. The molecular formula is C13H11ClFN3. The van der Waals surface area contributed by atoms with Crippen LogP contribution in [0.4, 0.5) is 10.1 Å². The molecule has 0 saturated heterocycles. The molecule has 1 aromatic carbocycles. The molecule has 92 valence electrons. The molecule has 1 atom stereocenters. The predicted molar refractivity (Wildman–Crippen MR) is 68.0 cm³/mol. The highest BCUT2D eigenvalue weighted by molar-refractivity contribution is 6.28. The zero-order valence-electron chi connectivity index (χ0n) is 9.53. The minimum absolute atomic E-state index is 0.0729. The van der Waals surface area contributed by atoms with E-state index in [1.165, 1.54) is 0 Å². The highest BCUT2D eigenvalue weighted by Gasteiger charge is 2.28. The fourth-order valence-electron chi connectivity index (χ4n) is 2.57. The standard InChI is InChI=1S/C13H11ClFN3/c14-13-17-6-10(15)12(18-13)9-5-4-8-7(9)2-1-3-11(8)16/h1-3,6,9H,4-5,16H2. The molecule has 0 radical (unpaired) electrons. The third-order valence-electron chi connectivity index (χ3n) is 3.38. The smallest absolute Gasteiger partial charge is 0.222 e. The van der Waals surface area contributed by atoms with E-state index in [4.69, 9.17) is 17.3 Å². The van der Waals surface area contributed by atoms with Gasteiger partial charge in [0.15, 0.2) is 5.82 Å². The topological polar surface area (TPSA) is 51.8 Å². The largest absolute Gasteiger partial charge is 0.398 e. The van der Waals surface area contributed by atoms with Crippen molar-refractivity contribution in [2.24, 2.45) is 0 Å². The van der Waals surface area contributed by atoms with Crippen molar-refractivity contribution in [1.82, 2.24) is 9.97 Å². The Bertz CT molecular complexity index is 615. The van der Waals surface area contributed by atoms with Gasteiger partial charge < -0.3 is 5.73 Å². The molecule has 0 saturated carbocycles. The first-order valence-electron chi connectivity index (χ1n) is 5.72. The minimum Gasteiger partial charge on any atom is -0.398 e. The van der Waals surface area contributed by atoms with Gasteiger partial charge in [-0.05, 0) is 41.6 Å². The summed E-state index contributed by atoms with van der Waals surface area (Å²) in [7, 11) is 0. The van der Waals surface area contributed by atoms with Crippen LogP contribution in [-0.4, -0.2) is 9.97 Å². The van der Waals surface area contributed by atoms with Crippen molar-refractivity contribution in [3.63, 3.8) is 0 Å². The number of hydrogen-bond donors (Lipinski definition) is 1. The van der Waals surface area contributed by atoms with E-state index in [9.17, 15) is 4.39 Å². The molecule has 1 aromatic heterocycles. The fraction of sp³-hybridized carbons (Fsp3) is 0.231. The zero-order valence-corrected chi connectivity index (χ0v) is 10.3. The van der Waals surface area contributed by atoms with E-state index in [-0.39, 0.29) is 11.2 Å². The van der Waals surface area contributed by atoms with Gasteiger partial charge >= 0.3 is 0 Å². The number of aromatic nitrogens is 2. The molecule has 5 heteroatoms. The van der Waals surface area contributed by atoms with Gasteiger partial charge in [0.2, 0.25) is 5.28 Å².